The highest BCUT2D eigenvalue weighted by atomic mass is 16.1. The Morgan fingerprint density at radius 2 is 1.90 bits per heavy atom. The Labute approximate surface area is 63.8 Å². The molecule has 0 aromatic carbocycles. The third-order valence-corrected chi connectivity index (χ3v) is 1.83. The summed E-state index contributed by atoms with van der Waals surface area (Å²) in [5, 5.41) is 0. The van der Waals surface area contributed by atoms with Gasteiger partial charge in [-0.15, -0.1) is 0 Å². The average molecular weight is 142 g/mol. The topological polar surface area (TPSA) is 17.1 Å². The van der Waals surface area contributed by atoms with Crippen LogP contribution in [0.25, 0.3) is 0 Å². The predicted molar refractivity (Wildman–Crippen MR) is 43.9 cm³/mol. The Morgan fingerprint density at radius 3 is 2.20 bits per heavy atom. The molecule has 0 fully saturated rings. The summed E-state index contributed by atoms with van der Waals surface area (Å²) in [6, 6.07) is 0. The molecule has 0 saturated heterocycles. The van der Waals surface area contributed by atoms with Crippen molar-refractivity contribution in [3.05, 3.63) is 0 Å². The summed E-state index contributed by atoms with van der Waals surface area (Å²) in [5.74, 6) is 1.04. The lowest BCUT2D eigenvalue weighted by atomic mass is 9.97. The normalized spacial score (nSPS) is 13.6. The fourth-order valence-electron chi connectivity index (χ4n) is 0.916. The van der Waals surface area contributed by atoms with Gasteiger partial charge in [0.1, 0.15) is 6.29 Å². The van der Waals surface area contributed by atoms with Gasteiger partial charge < -0.3 is 4.79 Å². The molecule has 0 aromatic heterocycles. The quantitative estimate of drug-likeness (QED) is 0.539. The molecule has 1 unspecified atom stereocenters. The smallest absolute Gasteiger partial charge is 0.123 e. The van der Waals surface area contributed by atoms with E-state index in [9.17, 15) is 4.79 Å². The van der Waals surface area contributed by atoms with Gasteiger partial charge in [-0.2, -0.15) is 0 Å². The molecular formula is C9H18O. The van der Waals surface area contributed by atoms with E-state index >= 15 is 0 Å². The molecular weight excluding hydrogens is 124 g/mol. The maximum Gasteiger partial charge on any atom is 0.123 e. The maximum absolute atomic E-state index is 10.3. The molecule has 0 saturated carbocycles. The van der Waals surface area contributed by atoms with Crippen molar-refractivity contribution in [1.82, 2.24) is 0 Å². The zero-order valence-corrected chi connectivity index (χ0v) is 7.26. The minimum absolute atomic E-state index is 0.308. The van der Waals surface area contributed by atoms with Gasteiger partial charge in [0.2, 0.25) is 0 Å². The van der Waals surface area contributed by atoms with Gasteiger partial charge in [0.25, 0.3) is 0 Å². The molecule has 1 nitrogen and oxygen atoms in total. The number of carbonyl (C=O) groups excluding carboxylic acids is 1. The van der Waals surface area contributed by atoms with E-state index in [4.69, 9.17) is 0 Å². The molecule has 60 valence electrons. The largest absolute Gasteiger partial charge is 0.303 e. The van der Waals surface area contributed by atoms with E-state index in [1.165, 1.54) is 6.42 Å². The van der Waals surface area contributed by atoms with Crippen molar-refractivity contribution in [2.75, 3.05) is 0 Å². The monoisotopic (exact) mass is 142 g/mol. The molecule has 0 heterocycles. The molecule has 1 atom stereocenters. The second-order valence-electron chi connectivity index (χ2n) is 3.28. The summed E-state index contributed by atoms with van der Waals surface area (Å²) in [6.45, 7) is 6.45. The predicted octanol–water partition coefficient (Wildman–Crippen LogP) is 2.65. The highest BCUT2D eigenvalue weighted by Crippen LogP contribution is 2.12. The van der Waals surface area contributed by atoms with Gasteiger partial charge in [-0.05, 0) is 18.8 Å². The third kappa shape index (κ3) is 4.54. The van der Waals surface area contributed by atoms with Crippen LogP contribution in [0.3, 0.4) is 0 Å². The highest BCUT2D eigenvalue weighted by Gasteiger charge is 2.04. The van der Waals surface area contributed by atoms with Crippen molar-refractivity contribution in [3.8, 4) is 0 Å². The van der Waals surface area contributed by atoms with Gasteiger partial charge in [-0.3, -0.25) is 0 Å². The van der Waals surface area contributed by atoms with Crippen molar-refractivity contribution in [2.24, 2.45) is 11.8 Å². The first-order valence-electron chi connectivity index (χ1n) is 4.16. The first-order valence-corrected chi connectivity index (χ1v) is 4.16. The van der Waals surface area contributed by atoms with E-state index in [-0.39, 0.29) is 0 Å². The Bertz CT molecular complexity index is 86.7. The van der Waals surface area contributed by atoms with Gasteiger partial charge in [-0.25, -0.2) is 0 Å². The van der Waals surface area contributed by atoms with Crippen molar-refractivity contribution in [3.63, 3.8) is 0 Å². The van der Waals surface area contributed by atoms with Crippen LogP contribution in [0.4, 0.5) is 0 Å². The van der Waals surface area contributed by atoms with Crippen LogP contribution in [0.15, 0.2) is 0 Å². The van der Waals surface area contributed by atoms with Crippen molar-refractivity contribution >= 4 is 6.29 Å². The van der Waals surface area contributed by atoms with Gasteiger partial charge >= 0.3 is 0 Å². The van der Waals surface area contributed by atoms with Gasteiger partial charge in [0.15, 0.2) is 0 Å². The van der Waals surface area contributed by atoms with Crippen molar-refractivity contribution in [1.29, 1.82) is 0 Å². The molecule has 0 aromatic rings. The molecule has 0 bridgehead atoms. The Kier molecular flexibility index (Phi) is 5.27. The zero-order chi connectivity index (χ0) is 7.98. The molecule has 0 aliphatic heterocycles. The van der Waals surface area contributed by atoms with E-state index in [0.29, 0.717) is 5.92 Å². The maximum atomic E-state index is 10.3. The average Bonchev–Trinajstić information content (AvgIpc) is 1.90. The molecule has 0 aliphatic rings. The van der Waals surface area contributed by atoms with Crippen LogP contribution in [-0.2, 0) is 4.79 Å². The Balaban J connectivity index is 3.34. The van der Waals surface area contributed by atoms with Crippen LogP contribution in [0, 0.1) is 11.8 Å². The molecule has 0 amide bonds. The van der Waals surface area contributed by atoms with Crippen LogP contribution in [0.2, 0.25) is 0 Å². The summed E-state index contributed by atoms with van der Waals surface area (Å²) in [7, 11) is 0. The summed E-state index contributed by atoms with van der Waals surface area (Å²) in [5.41, 5.74) is 0. The fraction of sp³-hybridized carbons (Fsp3) is 0.889. The summed E-state index contributed by atoms with van der Waals surface area (Å²) >= 11 is 0. The van der Waals surface area contributed by atoms with Crippen molar-refractivity contribution < 1.29 is 4.79 Å². The van der Waals surface area contributed by atoms with Crippen molar-refractivity contribution in [2.45, 2.75) is 40.0 Å². The second-order valence-corrected chi connectivity index (χ2v) is 3.28. The summed E-state index contributed by atoms with van der Waals surface area (Å²) in [6.07, 6.45) is 4.33. The second kappa shape index (κ2) is 5.45. The minimum Gasteiger partial charge on any atom is -0.303 e. The molecule has 0 spiro atoms. The lowest BCUT2D eigenvalue weighted by Crippen LogP contribution is -2.01. The third-order valence-electron chi connectivity index (χ3n) is 1.83. The standard InChI is InChI=1S/C9H18O/c1-4-9(7-10)6-5-8(2)3/h7-9H,4-6H2,1-3H3. The van der Waals surface area contributed by atoms with E-state index in [0.717, 1.165) is 25.0 Å². The number of hydrogen-bond donors (Lipinski definition) is 0. The molecule has 0 N–H and O–H groups in total. The summed E-state index contributed by atoms with van der Waals surface area (Å²) < 4.78 is 0. The molecule has 0 radical (unpaired) electrons. The van der Waals surface area contributed by atoms with Gasteiger partial charge in [-0.1, -0.05) is 27.2 Å². The van der Waals surface area contributed by atoms with Crippen LogP contribution >= 0.6 is 0 Å². The summed E-state index contributed by atoms with van der Waals surface area (Å²) in [4.78, 5) is 10.3. The van der Waals surface area contributed by atoms with Crippen LogP contribution in [0.5, 0.6) is 0 Å². The first-order chi connectivity index (χ1) is 4.70. The number of carbonyl (C=O) groups is 1. The van der Waals surface area contributed by atoms with Gasteiger partial charge in [0.05, 0.1) is 0 Å². The fourth-order valence-corrected chi connectivity index (χ4v) is 0.916. The van der Waals surface area contributed by atoms with Gasteiger partial charge in [0, 0.05) is 5.92 Å². The number of hydrogen-bond acceptors (Lipinski definition) is 1. The number of aldehydes is 1. The van der Waals surface area contributed by atoms with Crippen LogP contribution in [0.1, 0.15) is 40.0 Å². The van der Waals surface area contributed by atoms with Crippen LogP contribution < -0.4 is 0 Å². The minimum atomic E-state index is 0.308. The zero-order valence-electron chi connectivity index (χ0n) is 7.26. The Hall–Kier alpha value is -0.330. The van der Waals surface area contributed by atoms with E-state index in [1.54, 1.807) is 0 Å². The van der Waals surface area contributed by atoms with E-state index in [2.05, 4.69) is 20.8 Å². The highest BCUT2D eigenvalue weighted by molar-refractivity contribution is 5.53. The molecule has 1 heteroatoms. The SMILES string of the molecule is CCC(C=O)CCC(C)C. The lowest BCUT2D eigenvalue weighted by molar-refractivity contribution is -0.111. The van der Waals surface area contributed by atoms with E-state index < -0.39 is 0 Å². The first kappa shape index (κ1) is 9.67. The van der Waals surface area contributed by atoms with E-state index in [1.807, 2.05) is 0 Å². The number of rotatable bonds is 5. The molecule has 0 aliphatic carbocycles. The van der Waals surface area contributed by atoms with Crippen LogP contribution in [-0.4, -0.2) is 6.29 Å². The lowest BCUT2D eigenvalue weighted by Gasteiger charge is -2.08. The molecule has 0 rings (SSSR count). The Morgan fingerprint density at radius 1 is 1.30 bits per heavy atom. The molecule has 10 heavy (non-hydrogen) atoms.